The third-order valence-electron chi connectivity index (χ3n) is 14.8. The summed E-state index contributed by atoms with van der Waals surface area (Å²) in [6, 6.07) is 50.0. The number of fused-ring (bicyclic) bond motifs is 3. The van der Waals surface area contributed by atoms with Crippen LogP contribution in [0.3, 0.4) is 0 Å². The SMILES string of the molecule is CC(C1=NN=CC1)c1ccccc1.C[C@@H](C1=NN=C(C(=O)N[C@H]2COc3ccccc3N(C)C2=O)C1)c1ccccc1.C[C@H](C1=NN=C(C(=O)N[C@H]2COc3ccccc3N(C)C2=O)C1)c1ccccc1.Cl.Cl.N[C@H]1COc2ccccc2NC1=O.O=C=O.[3H]P([3H])[3H]. The van der Waals surface area contributed by atoms with E-state index in [2.05, 4.69) is 77.7 Å². The minimum atomic E-state index is -1.87. The fraction of sp³-hybridized carbons (Fsp3) is 0.262. The van der Waals surface area contributed by atoms with Crippen molar-refractivity contribution in [2.45, 2.75) is 75.9 Å². The van der Waals surface area contributed by atoms with Gasteiger partial charge in [0, 0.05) is 57.3 Å². The number of nitrogens with one attached hydrogen (secondary N) is 3. The first-order valence-electron chi connectivity index (χ1n) is 29.4. The van der Waals surface area contributed by atoms with Gasteiger partial charge in [0.25, 0.3) is 23.6 Å². The average Bonchev–Trinajstić information content (AvgIpc) is 1.81. The zero-order valence-corrected chi connectivity index (χ0v) is 52.4. The van der Waals surface area contributed by atoms with Crippen molar-refractivity contribution < 1.29 is 47.8 Å². The van der Waals surface area contributed by atoms with E-state index in [1.54, 1.807) is 38.4 Å². The van der Waals surface area contributed by atoms with Gasteiger partial charge in [0.1, 0.15) is 66.6 Å². The quantitative estimate of drug-likeness (QED) is 0.0945. The highest BCUT2D eigenvalue weighted by Crippen LogP contribution is 2.32. The monoisotopic (exact) mass is 1290 g/mol. The number of rotatable bonds is 10. The van der Waals surface area contributed by atoms with E-state index in [9.17, 15) is 24.0 Å². The zero-order valence-electron chi connectivity index (χ0n) is 52.9. The molecule has 22 nitrogen and oxygen atoms in total. The number of carbonyl (C=O) groups is 5. The number of halogens is 2. The molecule has 6 aliphatic heterocycles. The molecule has 1 unspecified atom stereocenters. The number of nitrogens with two attached hydrogens (primary N) is 1. The standard InChI is InChI=1S/2C22H22N4O3.C11H12N2.C9H10N2O2.CO2.2ClH.H3P/c2*1-14(15-8-4-3-5-9-15)16-12-17(25-24-16)21(27)23-18-13-29-20-11-7-6-10-19(20)26(2)22(18)28;1-9(11-7-8-12-13-11)10-5-3-2-4-6-10;10-6-5-13-8-4-2-1-3-7(8)11-9(6)12;2-1-3;;;/h2*3-11,14,18H,12-13H2,1-2H3,(H,23,27);2-6,8-9H,7H2,1H3;1-4,6H,5,10H2,(H,11,12);;2*1H;1H3/t14-,18+;14-,18-;;6-;;;;/m10.0..../s1/i;;;;;;;1T3. The maximum atomic E-state index is 12.8. The van der Waals surface area contributed by atoms with Crippen molar-refractivity contribution in [3.05, 3.63) is 180 Å². The number of ether oxygens (including phenoxy) is 3. The van der Waals surface area contributed by atoms with Crippen molar-refractivity contribution in [2.24, 2.45) is 36.3 Å². The maximum Gasteiger partial charge on any atom is 0.373 e. The number of anilines is 3. The Labute approximate surface area is 540 Å². The van der Waals surface area contributed by atoms with Gasteiger partial charge in [-0.2, -0.15) is 39.7 Å². The molecule has 5 N–H and O–H groups in total. The van der Waals surface area contributed by atoms with Gasteiger partial charge >= 0.3 is 6.15 Å². The number of hydrogen-bond donors (Lipinski definition) is 4. The Bertz CT molecular complexity index is 3590. The lowest BCUT2D eigenvalue weighted by molar-refractivity contribution is -0.191. The van der Waals surface area contributed by atoms with Gasteiger partial charge in [-0.05, 0) is 53.1 Å². The number of likely N-dealkylation sites (N-methyl/N-ethyl adjacent to an activating group) is 2. The molecule has 0 spiro atoms. The van der Waals surface area contributed by atoms with E-state index in [1.807, 2.05) is 135 Å². The molecule has 90 heavy (non-hydrogen) atoms. The molecule has 0 saturated carbocycles. The van der Waals surface area contributed by atoms with Gasteiger partial charge in [0.05, 0.1) is 38.0 Å². The van der Waals surface area contributed by atoms with Crippen LogP contribution in [0.4, 0.5) is 17.1 Å². The van der Waals surface area contributed by atoms with E-state index in [-0.39, 0.29) is 80.3 Å². The van der Waals surface area contributed by atoms with E-state index in [1.165, 1.54) is 15.4 Å². The number of nitrogens with zero attached hydrogens (tertiary/aromatic N) is 8. The van der Waals surface area contributed by atoms with E-state index >= 15 is 0 Å². The van der Waals surface area contributed by atoms with Crippen LogP contribution >= 0.6 is 34.5 Å². The summed E-state index contributed by atoms with van der Waals surface area (Å²) in [5, 5.41) is 32.7. The van der Waals surface area contributed by atoms with E-state index in [0.29, 0.717) is 64.5 Å². The summed E-state index contributed by atoms with van der Waals surface area (Å²) in [5.41, 5.74) is 14.5. The Morgan fingerprint density at radius 1 is 0.567 bits per heavy atom. The summed E-state index contributed by atoms with van der Waals surface area (Å²) in [6.45, 7) is 6.60. The molecular formula is C65H71Cl2N12O10P. The predicted molar refractivity (Wildman–Crippen MR) is 358 cm³/mol. The van der Waals surface area contributed by atoms with Crippen LogP contribution in [0.25, 0.3) is 0 Å². The van der Waals surface area contributed by atoms with Gasteiger partial charge in [-0.1, -0.05) is 148 Å². The number of amides is 5. The second kappa shape index (κ2) is 34.8. The lowest BCUT2D eigenvalue weighted by Gasteiger charge is -2.20. The van der Waals surface area contributed by atoms with Crippen LogP contribution in [0, 0.1) is 0 Å². The molecule has 6 aromatic rings. The molecule has 6 atom stereocenters. The third-order valence-corrected chi connectivity index (χ3v) is 14.8. The smallest absolute Gasteiger partial charge is 0.373 e. The first-order valence-corrected chi connectivity index (χ1v) is 28.0. The van der Waals surface area contributed by atoms with Gasteiger partial charge in [-0.3, -0.25) is 24.0 Å². The summed E-state index contributed by atoms with van der Waals surface area (Å²) >= 11 is 0. The third kappa shape index (κ3) is 18.5. The average molecular weight is 1290 g/mol. The van der Waals surface area contributed by atoms with Crippen LogP contribution in [0.2, 0.25) is 0 Å². The molecule has 6 heterocycles. The van der Waals surface area contributed by atoms with Gasteiger partial charge in [-0.15, -0.1) is 35.0 Å². The Morgan fingerprint density at radius 3 is 1.34 bits per heavy atom. The normalized spacial score (nSPS) is 18.6. The van der Waals surface area contributed by atoms with Gasteiger partial charge in [0.15, 0.2) is 0 Å². The van der Waals surface area contributed by atoms with Gasteiger partial charge < -0.3 is 45.7 Å². The van der Waals surface area contributed by atoms with Crippen LogP contribution in [0.1, 0.15) is 74.5 Å². The van der Waals surface area contributed by atoms with Crippen LogP contribution in [-0.4, -0.2) is 126 Å². The number of para-hydroxylation sites is 6. The van der Waals surface area contributed by atoms with Crippen molar-refractivity contribution >= 4 is 122 Å². The summed E-state index contributed by atoms with van der Waals surface area (Å²) < 4.78 is 34.7. The fourth-order valence-electron chi connectivity index (χ4n) is 9.59. The highest BCUT2D eigenvalue weighted by atomic mass is 35.5. The number of hydrogen-bond acceptors (Lipinski definition) is 17. The molecule has 470 valence electrons. The number of carbonyl (C=O) groups excluding carboxylic acids is 7. The molecule has 0 saturated heterocycles. The van der Waals surface area contributed by atoms with Crippen molar-refractivity contribution in [2.75, 3.05) is 49.0 Å². The second-order valence-corrected chi connectivity index (χ2v) is 20.5. The molecule has 0 radical (unpaired) electrons. The molecule has 0 aromatic heterocycles. The van der Waals surface area contributed by atoms with E-state index < -0.39 is 39.7 Å². The van der Waals surface area contributed by atoms with Crippen molar-refractivity contribution in [1.82, 2.24) is 10.6 Å². The first-order chi connectivity index (χ1) is 43.9. The molecule has 6 aliphatic rings. The Balaban J connectivity index is 0.000000227. The second-order valence-electron chi connectivity index (χ2n) is 20.5. The van der Waals surface area contributed by atoms with Crippen molar-refractivity contribution in [1.29, 1.82) is 3.84 Å². The molecule has 25 heteroatoms. The Morgan fingerprint density at radius 2 is 0.933 bits per heavy atom. The van der Waals surface area contributed by atoms with Crippen molar-refractivity contribution in [3.63, 3.8) is 0 Å². The topological polar surface area (TPSA) is 290 Å². The minimum Gasteiger partial charge on any atom is -0.489 e. The van der Waals surface area contributed by atoms with Crippen molar-refractivity contribution in [3.8, 4) is 17.2 Å². The fourth-order valence-corrected chi connectivity index (χ4v) is 9.59. The zero-order chi connectivity index (χ0) is 65.4. The highest BCUT2D eigenvalue weighted by molar-refractivity contribution is 6.92. The lowest BCUT2D eigenvalue weighted by Crippen LogP contribution is -2.51. The highest BCUT2D eigenvalue weighted by Gasteiger charge is 2.35. The maximum absolute atomic E-state index is 12.8. The molecule has 5 amide bonds. The Kier molecular flexibility index (Phi) is 25.7. The summed E-state index contributed by atoms with van der Waals surface area (Å²) in [4.78, 5) is 81.5. The molecular weight excluding hydrogens is 1210 g/mol. The van der Waals surface area contributed by atoms with Crippen LogP contribution in [0.15, 0.2) is 194 Å². The van der Waals surface area contributed by atoms with E-state index in [4.69, 9.17) is 33.4 Å². The van der Waals surface area contributed by atoms with Crippen LogP contribution < -0.4 is 45.7 Å². The summed E-state index contributed by atoms with van der Waals surface area (Å²) in [6.07, 6.45) is 3.73. The largest absolute Gasteiger partial charge is 0.489 e. The van der Waals surface area contributed by atoms with Gasteiger partial charge in [-0.25, -0.2) is 0 Å². The molecule has 6 aromatic carbocycles. The van der Waals surface area contributed by atoms with Crippen LogP contribution in [0.5, 0.6) is 17.2 Å². The minimum absolute atomic E-state index is 0. The first kappa shape index (κ1) is 66.4. The van der Waals surface area contributed by atoms with Gasteiger partial charge in [0.2, 0.25) is 5.91 Å². The molecule has 0 aliphatic carbocycles. The Hall–Kier alpha value is -9.56. The summed E-state index contributed by atoms with van der Waals surface area (Å²) in [5.74, 6) is 0.943. The molecule has 12 rings (SSSR count). The molecule has 0 fully saturated rings. The lowest BCUT2D eigenvalue weighted by atomic mass is 9.93. The predicted octanol–water partition coefficient (Wildman–Crippen LogP) is 8.35. The summed E-state index contributed by atoms with van der Waals surface area (Å²) in [7, 11) is 1.47. The van der Waals surface area contributed by atoms with Crippen LogP contribution in [-0.2, 0) is 33.6 Å². The molecule has 0 bridgehead atoms. The number of benzene rings is 6. The van der Waals surface area contributed by atoms with E-state index in [0.717, 1.165) is 34.7 Å².